The molecule has 0 saturated carbocycles. The van der Waals surface area contributed by atoms with Crippen molar-refractivity contribution in [3.63, 3.8) is 0 Å². The van der Waals surface area contributed by atoms with Gasteiger partial charge in [-0.1, -0.05) is 0 Å². The summed E-state index contributed by atoms with van der Waals surface area (Å²) >= 11 is 0. The summed E-state index contributed by atoms with van der Waals surface area (Å²) in [6.07, 6.45) is 4.86. The van der Waals surface area contributed by atoms with Crippen molar-refractivity contribution in [2.75, 3.05) is 7.05 Å². The normalized spacial score (nSPS) is 10.2. The third kappa shape index (κ3) is 2.07. The number of imidazole rings is 1. The van der Waals surface area contributed by atoms with Gasteiger partial charge in [-0.05, 0) is 12.1 Å². The predicted molar refractivity (Wildman–Crippen MR) is 53.1 cm³/mol. The average molecular weight is 205 g/mol. The van der Waals surface area contributed by atoms with Crippen LogP contribution in [-0.4, -0.2) is 27.8 Å². The van der Waals surface area contributed by atoms with E-state index in [1.165, 1.54) is 11.2 Å². The van der Waals surface area contributed by atoms with Crippen LogP contribution in [0.4, 0.5) is 0 Å². The molecule has 2 rings (SSSR count). The molecule has 0 aliphatic carbocycles. The van der Waals surface area contributed by atoms with Crippen LogP contribution in [0.5, 0.6) is 0 Å². The van der Waals surface area contributed by atoms with E-state index >= 15 is 0 Å². The van der Waals surface area contributed by atoms with Gasteiger partial charge in [0, 0.05) is 19.4 Å². The molecule has 0 bridgehead atoms. The fourth-order valence-electron chi connectivity index (χ4n) is 1.27. The Morgan fingerprint density at radius 3 is 3.13 bits per heavy atom. The predicted octanol–water partition coefficient (Wildman–Crippen LogP) is 1.27. The number of hydrogen-bond acceptors (Lipinski definition) is 3. The monoisotopic (exact) mass is 205 g/mol. The number of aromatic amines is 1. The van der Waals surface area contributed by atoms with Crippen LogP contribution in [0.1, 0.15) is 16.4 Å². The van der Waals surface area contributed by atoms with Crippen molar-refractivity contribution in [2.24, 2.45) is 0 Å². The van der Waals surface area contributed by atoms with Gasteiger partial charge in [-0.25, -0.2) is 4.98 Å². The van der Waals surface area contributed by atoms with Gasteiger partial charge in [-0.2, -0.15) is 0 Å². The highest BCUT2D eigenvalue weighted by molar-refractivity contribution is 5.91. The van der Waals surface area contributed by atoms with Crippen molar-refractivity contribution in [1.82, 2.24) is 14.9 Å². The zero-order valence-electron chi connectivity index (χ0n) is 8.30. The number of aromatic nitrogens is 2. The lowest BCUT2D eigenvalue weighted by Gasteiger charge is -2.13. The molecule has 0 atom stereocenters. The van der Waals surface area contributed by atoms with Gasteiger partial charge in [0.15, 0.2) is 5.76 Å². The van der Waals surface area contributed by atoms with Crippen LogP contribution >= 0.6 is 0 Å². The number of furan rings is 1. The van der Waals surface area contributed by atoms with E-state index in [-0.39, 0.29) is 5.91 Å². The van der Waals surface area contributed by atoms with E-state index in [9.17, 15) is 4.79 Å². The number of rotatable bonds is 3. The van der Waals surface area contributed by atoms with Crippen molar-refractivity contribution in [3.05, 3.63) is 42.4 Å². The molecule has 0 radical (unpaired) electrons. The Bertz CT molecular complexity index is 419. The van der Waals surface area contributed by atoms with Crippen molar-refractivity contribution in [3.8, 4) is 0 Å². The highest BCUT2D eigenvalue weighted by Crippen LogP contribution is 2.06. The third-order valence-electron chi connectivity index (χ3n) is 2.02. The van der Waals surface area contributed by atoms with Crippen LogP contribution in [0.15, 0.2) is 35.2 Å². The van der Waals surface area contributed by atoms with Gasteiger partial charge in [0.2, 0.25) is 0 Å². The smallest absolute Gasteiger partial charge is 0.289 e. The van der Waals surface area contributed by atoms with Gasteiger partial charge in [0.25, 0.3) is 5.91 Å². The third-order valence-corrected chi connectivity index (χ3v) is 2.02. The standard InChI is InChI=1S/C10H11N3O2/c1-13(7-9-11-4-5-12-9)10(14)8-3-2-6-15-8/h2-6H,7H2,1H3,(H,11,12). The second-order valence-corrected chi connectivity index (χ2v) is 3.17. The van der Waals surface area contributed by atoms with Crippen molar-refractivity contribution in [1.29, 1.82) is 0 Å². The Hall–Kier alpha value is -2.04. The number of amides is 1. The van der Waals surface area contributed by atoms with Crippen LogP contribution in [0.25, 0.3) is 0 Å². The molecule has 0 fully saturated rings. The molecule has 0 spiro atoms. The second kappa shape index (κ2) is 4.00. The van der Waals surface area contributed by atoms with Gasteiger partial charge in [0.1, 0.15) is 5.82 Å². The van der Waals surface area contributed by atoms with Gasteiger partial charge >= 0.3 is 0 Å². The van der Waals surface area contributed by atoms with E-state index in [4.69, 9.17) is 4.42 Å². The minimum absolute atomic E-state index is 0.156. The number of carbonyl (C=O) groups is 1. The van der Waals surface area contributed by atoms with E-state index in [1.54, 1.807) is 31.6 Å². The van der Waals surface area contributed by atoms with Gasteiger partial charge in [0.05, 0.1) is 12.8 Å². The molecule has 2 heterocycles. The summed E-state index contributed by atoms with van der Waals surface area (Å²) in [7, 11) is 1.70. The molecular weight excluding hydrogens is 194 g/mol. The lowest BCUT2D eigenvalue weighted by atomic mass is 10.4. The van der Waals surface area contributed by atoms with Crippen LogP contribution in [0.2, 0.25) is 0 Å². The first-order valence-corrected chi connectivity index (χ1v) is 4.54. The lowest BCUT2D eigenvalue weighted by Crippen LogP contribution is -2.26. The molecule has 78 valence electrons. The molecule has 1 amide bonds. The molecule has 5 heteroatoms. The molecule has 5 nitrogen and oxygen atoms in total. The fourth-order valence-corrected chi connectivity index (χ4v) is 1.27. The summed E-state index contributed by atoms with van der Waals surface area (Å²) in [5.41, 5.74) is 0. The summed E-state index contributed by atoms with van der Waals surface area (Å²) in [4.78, 5) is 20.2. The van der Waals surface area contributed by atoms with Crippen molar-refractivity contribution in [2.45, 2.75) is 6.54 Å². The molecule has 0 aromatic carbocycles. The number of nitrogens with zero attached hydrogens (tertiary/aromatic N) is 2. The quantitative estimate of drug-likeness (QED) is 0.820. The number of hydrogen-bond donors (Lipinski definition) is 1. The maximum Gasteiger partial charge on any atom is 0.289 e. The molecule has 15 heavy (non-hydrogen) atoms. The van der Waals surface area contributed by atoms with Crippen molar-refractivity contribution >= 4 is 5.91 Å². The number of carbonyl (C=O) groups excluding carboxylic acids is 1. The summed E-state index contributed by atoms with van der Waals surface area (Å²) < 4.78 is 5.01. The van der Waals surface area contributed by atoms with Gasteiger partial charge in [-0.3, -0.25) is 4.79 Å². The SMILES string of the molecule is CN(Cc1ncc[nH]1)C(=O)c1ccco1. The highest BCUT2D eigenvalue weighted by Gasteiger charge is 2.14. The van der Waals surface area contributed by atoms with Crippen molar-refractivity contribution < 1.29 is 9.21 Å². The second-order valence-electron chi connectivity index (χ2n) is 3.17. The molecular formula is C10H11N3O2. The Morgan fingerprint density at radius 2 is 2.53 bits per heavy atom. The van der Waals surface area contributed by atoms with Crippen LogP contribution in [0.3, 0.4) is 0 Å². The summed E-state index contributed by atoms with van der Waals surface area (Å²) in [5.74, 6) is 0.929. The maximum atomic E-state index is 11.7. The Kier molecular flexibility index (Phi) is 2.53. The molecule has 2 aromatic heterocycles. The molecule has 0 saturated heterocycles. The minimum atomic E-state index is -0.156. The topological polar surface area (TPSA) is 62.1 Å². The Morgan fingerprint density at radius 1 is 1.67 bits per heavy atom. The summed E-state index contributed by atoms with van der Waals surface area (Å²) in [6.45, 7) is 0.437. The number of nitrogens with one attached hydrogen (secondary N) is 1. The maximum absolute atomic E-state index is 11.7. The summed E-state index contributed by atoms with van der Waals surface area (Å²) in [5, 5.41) is 0. The molecule has 0 aliphatic rings. The highest BCUT2D eigenvalue weighted by atomic mass is 16.3. The summed E-state index contributed by atoms with van der Waals surface area (Å²) in [6, 6.07) is 3.33. The zero-order valence-corrected chi connectivity index (χ0v) is 8.30. The van der Waals surface area contributed by atoms with Crippen LogP contribution in [0, 0.1) is 0 Å². The first-order chi connectivity index (χ1) is 7.27. The fraction of sp³-hybridized carbons (Fsp3) is 0.200. The van der Waals surface area contributed by atoms with E-state index in [2.05, 4.69) is 9.97 Å². The van der Waals surface area contributed by atoms with Gasteiger partial charge < -0.3 is 14.3 Å². The van der Waals surface area contributed by atoms with Crippen LogP contribution in [-0.2, 0) is 6.54 Å². The van der Waals surface area contributed by atoms with Gasteiger partial charge in [-0.15, -0.1) is 0 Å². The van der Waals surface area contributed by atoms with E-state index in [0.717, 1.165) is 5.82 Å². The van der Waals surface area contributed by atoms with E-state index in [0.29, 0.717) is 12.3 Å². The number of H-pyrrole nitrogens is 1. The Labute approximate surface area is 86.7 Å². The Balaban J connectivity index is 2.03. The molecule has 2 aromatic rings. The average Bonchev–Trinajstić information content (AvgIpc) is 2.88. The molecule has 0 unspecified atom stereocenters. The zero-order chi connectivity index (χ0) is 10.7. The van der Waals surface area contributed by atoms with Crippen LogP contribution < -0.4 is 0 Å². The minimum Gasteiger partial charge on any atom is -0.459 e. The first-order valence-electron chi connectivity index (χ1n) is 4.54. The molecule has 1 N–H and O–H groups in total. The largest absolute Gasteiger partial charge is 0.459 e. The lowest BCUT2D eigenvalue weighted by molar-refractivity contribution is 0.0750. The molecule has 0 aliphatic heterocycles. The first kappa shape index (κ1) is 9.51. The van der Waals surface area contributed by atoms with E-state index in [1.807, 2.05) is 0 Å². The van der Waals surface area contributed by atoms with E-state index < -0.39 is 0 Å².